The summed E-state index contributed by atoms with van der Waals surface area (Å²) >= 11 is 0. The molecule has 4 nitrogen and oxygen atoms in total. The maximum Gasteiger partial charge on any atom is 0.140 e. The van der Waals surface area contributed by atoms with Crippen LogP contribution in [0.3, 0.4) is 0 Å². The normalized spacial score (nSPS) is 12.5. The highest BCUT2D eigenvalue weighted by Gasteiger charge is 2.16. The van der Waals surface area contributed by atoms with Crippen molar-refractivity contribution in [3.63, 3.8) is 0 Å². The molecule has 2 aromatic rings. The summed E-state index contributed by atoms with van der Waals surface area (Å²) in [5.41, 5.74) is 2.19. The second kappa shape index (κ2) is 7.07. The van der Waals surface area contributed by atoms with Crippen LogP contribution in [-0.4, -0.2) is 23.6 Å². The maximum absolute atomic E-state index is 5.55. The van der Waals surface area contributed by atoms with E-state index in [4.69, 9.17) is 4.74 Å². The smallest absolute Gasteiger partial charge is 0.140 e. The number of ether oxygens (including phenoxy) is 1. The summed E-state index contributed by atoms with van der Waals surface area (Å²) in [6.07, 6.45) is 2.86. The van der Waals surface area contributed by atoms with Gasteiger partial charge in [-0.15, -0.1) is 0 Å². The summed E-state index contributed by atoms with van der Waals surface area (Å²) in [7, 11) is 1.70. The maximum atomic E-state index is 5.55. The molecule has 1 aromatic carbocycles. The lowest BCUT2D eigenvalue weighted by Gasteiger charge is -2.13. The van der Waals surface area contributed by atoms with Gasteiger partial charge in [-0.2, -0.15) is 0 Å². The quantitative estimate of drug-likeness (QED) is 0.752. The van der Waals surface area contributed by atoms with Crippen LogP contribution in [0.1, 0.15) is 36.5 Å². The van der Waals surface area contributed by atoms with Gasteiger partial charge in [0.05, 0.1) is 0 Å². The molecule has 0 bridgehead atoms. The van der Waals surface area contributed by atoms with E-state index in [-0.39, 0.29) is 6.10 Å². The zero-order valence-corrected chi connectivity index (χ0v) is 11.5. The van der Waals surface area contributed by atoms with Crippen molar-refractivity contribution < 1.29 is 4.74 Å². The Morgan fingerprint density at radius 3 is 2.79 bits per heavy atom. The Labute approximate surface area is 114 Å². The molecule has 102 valence electrons. The van der Waals surface area contributed by atoms with Crippen molar-refractivity contribution in [2.24, 2.45) is 0 Å². The first-order valence-electron chi connectivity index (χ1n) is 6.67. The summed E-state index contributed by atoms with van der Waals surface area (Å²) in [6, 6.07) is 10.1. The first kappa shape index (κ1) is 13.8. The van der Waals surface area contributed by atoms with Gasteiger partial charge in [0.25, 0.3) is 0 Å². The van der Waals surface area contributed by atoms with Gasteiger partial charge < -0.3 is 15.0 Å². The van der Waals surface area contributed by atoms with Crippen LogP contribution in [-0.2, 0) is 11.3 Å². The number of aromatic nitrogens is 2. The van der Waals surface area contributed by atoms with Gasteiger partial charge in [0.2, 0.25) is 0 Å². The molecule has 1 atom stereocenters. The average Bonchev–Trinajstić information content (AvgIpc) is 2.90. The third-order valence-electron chi connectivity index (χ3n) is 2.98. The van der Waals surface area contributed by atoms with E-state index in [1.165, 1.54) is 0 Å². The van der Waals surface area contributed by atoms with Gasteiger partial charge in [-0.1, -0.05) is 37.3 Å². The molecule has 0 aliphatic rings. The Balaban J connectivity index is 2.07. The van der Waals surface area contributed by atoms with Gasteiger partial charge in [0, 0.05) is 25.5 Å². The predicted octanol–water partition coefficient (Wildman–Crippen LogP) is 2.65. The molecule has 0 aliphatic heterocycles. The van der Waals surface area contributed by atoms with E-state index in [2.05, 4.69) is 22.2 Å². The number of H-pyrrole nitrogens is 1. The molecule has 0 fully saturated rings. The second-order valence-electron chi connectivity index (χ2n) is 4.50. The van der Waals surface area contributed by atoms with Crippen LogP contribution < -0.4 is 5.32 Å². The van der Waals surface area contributed by atoms with Crippen LogP contribution in [0, 0.1) is 0 Å². The Morgan fingerprint density at radius 2 is 2.11 bits per heavy atom. The van der Waals surface area contributed by atoms with Gasteiger partial charge in [-0.25, -0.2) is 4.98 Å². The summed E-state index contributed by atoms with van der Waals surface area (Å²) < 4.78 is 5.55. The van der Waals surface area contributed by atoms with Crippen molar-refractivity contribution in [1.29, 1.82) is 0 Å². The zero-order valence-electron chi connectivity index (χ0n) is 11.5. The van der Waals surface area contributed by atoms with E-state index in [0.29, 0.717) is 0 Å². The van der Waals surface area contributed by atoms with Crippen LogP contribution in [0.15, 0.2) is 36.5 Å². The molecular formula is C15H21N3O. The van der Waals surface area contributed by atoms with Crippen LogP contribution in [0.4, 0.5) is 0 Å². The minimum Gasteiger partial charge on any atom is -0.369 e. The number of imidazole rings is 1. The van der Waals surface area contributed by atoms with Gasteiger partial charge in [0.15, 0.2) is 0 Å². The summed E-state index contributed by atoms with van der Waals surface area (Å²) in [5.74, 6) is 0.849. The monoisotopic (exact) mass is 259 g/mol. The molecule has 0 aliphatic carbocycles. The fraction of sp³-hybridized carbons (Fsp3) is 0.400. The number of nitrogens with zero attached hydrogens (tertiary/aromatic N) is 1. The largest absolute Gasteiger partial charge is 0.369 e. The molecule has 0 saturated heterocycles. The number of benzene rings is 1. The van der Waals surface area contributed by atoms with Gasteiger partial charge in [-0.3, -0.25) is 0 Å². The number of rotatable bonds is 7. The highest BCUT2D eigenvalue weighted by atomic mass is 16.5. The number of hydrogen-bond donors (Lipinski definition) is 2. The molecule has 0 amide bonds. The Kier molecular flexibility index (Phi) is 5.12. The van der Waals surface area contributed by atoms with Crippen LogP contribution in [0.5, 0.6) is 0 Å². The lowest BCUT2D eigenvalue weighted by Crippen LogP contribution is -2.14. The van der Waals surface area contributed by atoms with E-state index >= 15 is 0 Å². The lowest BCUT2D eigenvalue weighted by atomic mass is 10.1. The van der Waals surface area contributed by atoms with Crippen LogP contribution in [0.2, 0.25) is 0 Å². The number of hydrogen-bond acceptors (Lipinski definition) is 3. The van der Waals surface area contributed by atoms with E-state index in [1.807, 2.05) is 36.5 Å². The lowest BCUT2D eigenvalue weighted by molar-refractivity contribution is 0.129. The Morgan fingerprint density at radius 1 is 1.32 bits per heavy atom. The first-order chi connectivity index (χ1) is 9.35. The molecule has 2 N–H and O–H groups in total. The molecule has 2 rings (SSSR count). The summed E-state index contributed by atoms with van der Waals surface area (Å²) in [5, 5.41) is 3.35. The molecule has 1 heterocycles. The molecule has 1 aromatic heterocycles. The van der Waals surface area contributed by atoms with Gasteiger partial charge in [-0.05, 0) is 18.5 Å². The third-order valence-corrected chi connectivity index (χ3v) is 2.98. The number of nitrogens with one attached hydrogen (secondary N) is 2. The molecule has 19 heavy (non-hydrogen) atoms. The van der Waals surface area contributed by atoms with Crippen molar-refractivity contribution in [2.75, 3.05) is 13.7 Å². The fourth-order valence-corrected chi connectivity index (χ4v) is 2.03. The molecule has 0 radical (unpaired) electrons. The number of aromatic amines is 1. The standard InChI is InChI=1S/C15H21N3O/c1-3-9-16-10-13-11-17-15(18-13)14(19-2)12-7-5-4-6-8-12/h4-8,11,14,16H,3,9-10H2,1-2H3,(H,17,18). The van der Waals surface area contributed by atoms with Crippen molar-refractivity contribution in [3.05, 3.63) is 53.6 Å². The minimum atomic E-state index is -0.138. The Bertz CT molecular complexity index is 481. The van der Waals surface area contributed by atoms with E-state index < -0.39 is 0 Å². The van der Waals surface area contributed by atoms with Gasteiger partial charge in [0.1, 0.15) is 11.9 Å². The van der Waals surface area contributed by atoms with Gasteiger partial charge >= 0.3 is 0 Å². The Hall–Kier alpha value is -1.65. The highest BCUT2D eigenvalue weighted by Crippen LogP contribution is 2.22. The molecule has 4 heteroatoms. The predicted molar refractivity (Wildman–Crippen MR) is 75.9 cm³/mol. The molecule has 0 saturated carbocycles. The van der Waals surface area contributed by atoms with E-state index in [9.17, 15) is 0 Å². The summed E-state index contributed by atoms with van der Waals surface area (Å²) in [4.78, 5) is 7.74. The van der Waals surface area contributed by atoms with Crippen molar-refractivity contribution in [1.82, 2.24) is 15.3 Å². The van der Waals surface area contributed by atoms with Crippen LogP contribution >= 0.6 is 0 Å². The SMILES string of the molecule is CCCNCc1cnc(C(OC)c2ccccc2)[nH]1. The van der Waals surface area contributed by atoms with Crippen LogP contribution in [0.25, 0.3) is 0 Å². The fourth-order valence-electron chi connectivity index (χ4n) is 2.03. The van der Waals surface area contributed by atoms with E-state index in [1.54, 1.807) is 7.11 Å². The molecular weight excluding hydrogens is 238 g/mol. The second-order valence-corrected chi connectivity index (χ2v) is 4.50. The first-order valence-corrected chi connectivity index (χ1v) is 6.67. The zero-order chi connectivity index (χ0) is 13.5. The van der Waals surface area contributed by atoms with E-state index in [0.717, 1.165) is 36.6 Å². The third kappa shape index (κ3) is 3.66. The molecule has 1 unspecified atom stereocenters. The average molecular weight is 259 g/mol. The van der Waals surface area contributed by atoms with Crippen molar-refractivity contribution >= 4 is 0 Å². The minimum absolute atomic E-state index is 0.138. The topological polar surface area (TPSA) is 49.9 Å². The highest BCUT2D eigenvalue weighted by molar-refractivity contribution is 5.23. The molecule has 0 spiro atoms. The summed E-state index contributed by atoms with van der Waals surface area (Å²) in [6.45, 7) is 3.98. The van der Waals surface area contributed by atoms with Crippen molar-refractivity contribution in [2.45, 2.75) is 26.0 Å². The number of methoxy groups -OCH3 is 1. The van der Waals surface area contributed by atoms with Crippen molar-refractivity contribution in [3.8, 4) is 0 Å².